The van der Waals surface area contributed by atoms with E-state index in [2.05, 4.69) is 15.6 Å². The molecule has 9 heteroatoms. The van der Waals surface area contributed by atoms with Gasteiger partial charge >= 0.3 is 12.0 Å². The van der Waals surface area contributed by atoms with Crippen molar-refractivity contribution in [1.82, 2.24) is 25.2 Å². The number of rotatable bonds is 4. The highest BCUT2D eigenvalue weighted by atomic mass is 16.5. The molecular formula is C14H15N5O4. The number of imide groups is 1. The molecule has 0 radical (unpaired) electrons. The average Bonchev–Trinajstić information content (AvgIpc) is 3.17. The number of amides is 3. The second kappa shape index (κ2) is 6.03. The van der Waals surface area contributed by atoms with Gasteiger partial charge in [-0.25, -0.2) is 14.3 Å². The van der Waals surface area contributed by atoms with Crippen LogP contribution in [-0.4, -0.2) is 57.5 Å². The van der Waals surface area contributed by atoms with E-state index in [1.807, 2.05) is 6.92 Å². The number of benzene rings is 1. The Balaban J connectivity index is 1.66. The standard InChI is InChI=1S/C14H15N5O4/c1-2-19-11-4-3-9(7-10(11)16-17-19)13(21)23-8-12(20)18-6-5-15-14(18)22/h3-4,7H,2,5-6,8H2,1H3,(H,15,22). The van der Waals surface area contributed by atoms with E-state index in [9.17, 15) is 14.4 Å². The summed E-state index contributed by atoms with van der Waals surface area (Å²) < 4.78 is 6.68. The molecule has 120 valence electrons. The summed E-state index contributed by atoms with van der Waals surface area (Å²) in [5, 5.41) is 10.4. The summed E-state index contributed by atoms with van der Waals surface area (Å²) in [5.41, 5.74) is 1.67. The Kier molecular flexibility index (Phi) is 3.92. The molecule has 1 aliphatic heterocycles. The lowest BCUT2D eigenvalue weighted by molar-refractivity contribution is -0.130. The molecule has 0 saturated carbocycles. The van der Waals surface area contributed by atoms with Crippen molar-refractivity contribution in [1.29, 1.82) is 0 Å². The molecule has 1 aliphatic rings. The number of ether oxygens (including phenoxy) is 1. The number of esters is 1. The van der Waals surface area contributed by atoms with Gasteiger partial charge in [0, 0.05) is 19.6 Å². The molecule has 9 nitrogen and oxygen atoms in total. The van der Waals surface area contributed by atoms with Gasteiger partial charge in [-0.15, -0.1) is 5.10 Å². The van der Waals surface area contributed by atoms with E-state index < -0.39 is 24.5 Å². The van der Waals surface area contributed by atoms with Crippen molar-refractivity contribution in [2.45, 2.75) is 13.5 Å². The van der Waals surface area contributed by atoms with E-state index in [-0.39, 0.29) is 12.1 Å². The van der Waals surface area contributed by atoms with Gasteiger partial charge in [-0.3, -0.25) is 9.69 Å². The number of carbonyl (C=O) groups is 3. The maximum Gasteiger partial charge on any atom is 0.338 e. The summed E-state index contributed by atoms with van der Waals surface area (Å²) in [6.07, 6.45) is 0. The van der Waals surface area contributed by atoms with Gasteiger partial charge in [0.2, 0.25) is 0 Å². The third kappa shape index (κ3) is 2.85. The highest BCUT2D eigenvalue weighted by Crippen LogP contribution is 2.14. The lowest BCUT2D eigenvalue weighted by Gasteiger charge is -2.12. The first-order chi connectivity index (χ1) is 11.1. The van der Waals surface area contributed by atoms with Crippen molar-refractivity contribution < 1.29 is 19.1 Å². The van der Waals surface area contributed by atoms with Gasteiger partial charge in [-0.05, 0) is 25.1 Å². The summed E-state index contributed by atoms with van der Waals surface area (Å²) in [6.45, 7) is 2.82. The van der Waals surface area contributed by atoms with Crippen molar-refractivity contribution in [2.24, 2.45) is 0 Å². The fraction of sp³-hybridized carbons (Fsp3) is 0.357. The molecule has 23 heavy (non-hydrogen) atoms. The van der Waals surface area contributed by atoms with Gasteiger partial charge in [-0.1, -0.05) is 5.21 Å². The van der Waals surface area contributed by atoms with Crippen LogP contribution in [0.3, 0.4) is 0 Å². The molecule has 3 rings (SSSR count). The minimum absolute atomic E-state index is 0.277. The molecule has 1 aromatic carbocycles. The Hall–Kier alpha value is -2.97. The Morgan fingerprint density at radius 3 is 2.91 bits per heavy atom. The molecular weight excluding hydrogens is 302 g/mol. The van der Waals surface area contributed by atoms with E-state index >= 15 is 0 Å². The van der Waals surface area contributed by atoms with Crippen LogP contribution in [-0.2, 0) is 16.1 Å². The smallest absolute Gasteiger partial charge is 0.338 e. The SMILES string of the molecule is CCn1nnc2cc(C(=O)OCC(=O)N3CCNC3=O)ccc21. The predicted molar refractivity (Wildman–Crippen MR) is 78.6 cm³/mol. The third-order valence-corrected chi connectivity index (χ3v) is 3.53. The van der Waals surface area contributed by atoms with Gasteiger partial charge in [-0.2, -0.15) is 0 Å². The van der Waals surface area contributed by atoms with Crippen molar-refractivity contribution >= 4 is 28.9 Å². The Bertz CT molecular complexity index is 785. The lowest BCUT2D eigenvalue weighted by atomic mass is 10.2. The summed E-state index contributed by atoms with van der Waals surface area (Å²) in [4.78, 5) is 36.2. The van der Waals surface area contributed by atoms with Crippen molar-refractivity contribution in [3.05, 3.63) is 23.8 Å². The van der Waals surface area contributed by atoms with Crippen molar-refractivity contribution in [3.63, 3.8) is 0 Å². The normalized spacial score (nSPS) is 14.1. The maximum atomic E-state index is 12.0. The highest BCUT2D eigenvalue weighted by Gasteiger charge is 2.26. The van der Waals surface area contributed by atoms with Crippen LogP contribution in [0.4, 0.5) is 4.79 Å². The molecule has 1 fully saturated rings. The van der Waals surface area contributed by atoms with Crippen LogP contribution < -0.4 is 5.32 Å². The van der Waals surface area contributed by atoms with E-state index in [1.54, 1.807) is 22.9 Å². The first-order valence-electron chi connectivity index (χ1n) is 7.18. The zero-order valence-electron chi connectivity index (χ0n) is 12.5. The second-order valence-corrected chi connectivity index (χ2v) is 4.96. The molecule has 2 aromatic rings. The van der Waals surface area contributed by atoms with Gasteiger partial charge in [0.05, 0.1) is 11.1 Å². The van der Waals surface area contributed by atoms with Crippen LogP contribution in [0.5, 0.6) is 0 Å². The largest absolute Gasteiger partial charge is 0.452 e. The number of hydrogen-bond acceptors (Lipinski definition) is 6. The minimum atomic E-state index is -0.647. The number of nitrogens with zero attached hydrogens (tertiary/aromatic N) is 4. The molecule has 0 unspecified atom stereocenters. The number of carbonyl (C=O) groups excluding carboxylic acids is 3. The first-order valence-corrected chi connectivity index (χ1v) is 7.18. The summed E-state index contributed by atoms with van der Waals surface area (Å²) in [6, 6.07) is 4.41. The zero-order chi connectivity index (χ0) is 16.4. The Morgan fingerprint density at radius 2 is 2.22 bits per heavy atom. The lowest BCUT2D eigenvalue weighted by Crippen LogP contribution is -2.37. The van der Waals surface area contributed by atoms with Crippen LogP contribution in [0.1, 0.15) is 17.3 Å². The maximum absolute atomic E-state index is 12.0. The molecule has 0 atom stereocenters. The number of aryl methyl sites for hydroxylation is 1. The van der Waals surface area contributed by atoms with Crippen LogP contribution in [0.25, 0.3) is 11.0 Å². The summed E-state index contributed by atoms with van der Waals surface area (Å²) >= 11 is 0. The van der Waals surface area contributed by atoms with Gasteiger partial charge < -0.3 is 10.1 Å². The predicted octanol–water partition coefficient (Wildman–Crippen LogP) is 0.160. The minimum Gasteiger partial charge on any atom is -0.452 e. The van der Waals surface area contributed by atoms with Crippen molar-refractivity contribution in [2.75, 3.05) is 19.7 Å². The average molecular weight is 317 g/mol. The fourth-order valence-corrected chi connectivity index (χ4v) is 2.33. The Morgan fingerprint density at radius 1 is 1.39 bits per heavy atom. The van der Waals surface area contributed by atoms with E-state index in [1.165, 1.54) is 0 Å². The highest BCUT2D eigenvalue weighted by molar-refractivity contribution is 5.98. The van der Waals surface area contributed by atoms with Crippen LogP contribution in [0.15, 0.2) is 18.2 Å². The number of fused-ring (bicyclic) bond motifs is 1. The molecule has 2 heterocycles. The molecule has 0 spiro atoms. The number of aromatic nitrogens is 3. The number of nitrogens with one attached hydrogen (secondary N) is 1. The molecule has 0 bridgehead atoms. The van der Waals surface area contributed by atoms with Gasteiger partial charge in [0.15, 0.2) is 6.61 Å². The van der Waals surface area contributed by atoms with Gasteiger partial charge in [0.1, 0.15) is 5.52 Å². The fourth-order valence-electron chi connectivity index (χ4n) is 2.33. The monoisotopic (exact) mass is 317 g/mol. The van der Waals surface area contributed by atoms with Crippen molar-refractivity contribution in [3.8, 4) is 0 Å². The van der Waals surface area contributed by atoms with E-state index in [4.69, 9.17) is 4.74 Å². The van der Waals surface area contributed by atoms with Crippen LogP contribution in [0, 0.1) is 0 Å². The first kappa shape index (κ1) is 14.9. The second-order valence-electron chi connectivity index (χ2n) is 4.96. The summed E-state index contributed by atoms with van der Waals surface area (Å²) in [5.74, 6) is -1.20. The van der Waals surface area contributed by atoms with Gasteiger partial charge in [0.25, 0.3) is 5.91 Å². The number of urea groups is 1. The van der Waals surface area contributed by atoms with Crippen LogP contribution >= 0.6 is 0 Å². The number of hydrogen-bond donors (Lipinski definition) is 1. The molecule has 1 saturated heterocycles. The summed E-state index contributed by atoms with van der Waals surface area (Å²) in [7, 11) is 0. The van der Waals surface area contributed by atoms with E-state index in [0.717, 1.165) is 10.4 Å². The Labute approximate surface area is 131 Å². The quantitative estimate of drug-likeness (QED) is 0.805. The topological polar surface area (TPSA) is 106 Å². The molecule has 0 aliphatic carbocycles. The van der Waals surface area contributed by atoms with E-state index in [0.29, 0.717) is 18.6 Å². The molecule has 3 amide bonds. The molecule has 1 N–H and O–H groups in total. The third-order valence-electron chi connectivity index (χ3n) is 3.53. The van der Waals surface area contributed by atoms with Crippen LogP contribution in [0.2, 0.25) is 0 Å². The zero-order valence-corrected chi connectivity index (χ0v) is 12.5. The molecule has 1 aromatic heterocycles.